The number of nitrogens with two attached hydrogens (primary N) is 1. The molecule has 1 aliphatic rings. The van der Waals surface area contributed by atoms with Crippen molar-refractivity contribution >= 4 is 46.1 Å². The normalized spacial score (nSPS) is 14.8. The fourth-order valence-electron chi connectivity index (χ4n) is 4.15. The first kappa shape index (κ1) is 21.5. The molecule has 0 aliphatic carbocycles. The van der Waals surface area contributed by atoms with Crippen molar-refractivity contribution in [2.24, 2.45) is 0 Å². The fourth-order valence-corrected chi connectivity index (χ4v) is 4.71. The minimum Gasteiger partial charge on any atom is -0.465 e. The van der Waals surface area contributed by atoms with Crippen LogP contribution in [0.25, 0.3) is 33.4 Å². The highest BCUT2D eigenvalue weighted by atomic mass is 35.5. The highest BCUT2D eigenvalue weighted by Gasteiger charge is 2.25. The van der Waals surface area contributed by atoms with Crippen molar-refractivity contribution in [1.29, 1.82) is 0 Å². The van der Waals surface area contributed by atoms with Gasteiger partial charge in [-0.15, -0.1) is 0 Å². The van der Waals surface area contributed by atoms with E-state index in [1.807, 2.05) is 10.9 Å². The van der Waals surface area contributed by atoms with Crippen LogP contribution in [0.1, 0.15) is 18.9 Å². The molecule has 0 unspecified atom stereocenters. The molecular formula is C22H18Cl2FN5O3. The Morgan fingerprint density at radius 1 is 1.24 bits per heavy atom. The van der Waals surface area contributed by atoms with Gasteiger partial charge < -0.3 is 20.2 Å². The van der Waals surface area contributed by atoms with Gasteiger partial charge in [0.2, 0.25) is 0 Å². The number of fused-ring (bicyclic) bond motifs is 1. The molecule has 170 valence electrons. The monoisotopic (exact) mass is 489 g/mol. The second-order valence-electron chi connectivity index (χ2n) is 7.84. The quantitative estimate of drug-likeness (QED) is 0.357. The Kier molecular flexibility index (Phi) is 5.38. The maximum Gasteiger partial charge on any atom is 0.407 e. The summed E-state index contributed by atoms with van der Waals surface area (Å²) in [6.45, 7) is 0.923. The fraction of sp³-hybridized carbons (Fsp3) is 0.227. The van der Waals surface area contributed by atoms with Crippen LogP contribution in [-0.4, -0.2) is 44.0 Å². The molecule has 1 fully saturated rings. The lowest BCUT2D eigenvalue weighted by atomic mass is 10.0. The molecule has 3 aromatic heterocycles. The maximum absolute atomic E-state index is 14.1. The number of carboxylic acid groups (broad SMARTS) is 1. The van der Waals surface area contributed by atoms with Gasteiger partial charge in [0.25, 0.3) is 0 Å². The third-order valence-electron chi connectivity index (χ3n) is 5.90. The summed E-state index contributed by atoms with van der Waals surface area (Å²) in [6, 6.07) is 4.40. The van der Waals surface area contributed by atoms with Gasteiger partial charge in [0.05, 0.1) is 27.8 Å². The second-order valence-corrected chi connectivity index (χ2v) is 8.62. The number of nitrogen functional groups attached to an aromatic ring is 1. The van der Waals surface area contributed by atoms with Gasteiger partial charge in [0, 0.05) is 42.0 Å². The first-order valence-corrected chi connectivity index (χ1v) is 10.9. The molecule has 3 N–H and O–H groups in total. The molecule has 1 saturated heterocycles. The number of benzene rings is 1. The zero-order valence-corrected chi connectivity index (χ0v) is 18.6. The number of furan rings is 1. The van der Waals surface area contributed by atoms with E-state index in [-0.39, 0.29) is 33.2 Å². The van der Waals surface area contributed by atoms with Crippen LogP contribution in [0.5, 0.6) is 0 Å². The number of likely N-dealkylation sites (tertiary alicyclic amines) is 1. The number of pyridine rings is 1. The number of piperidine rings is 1. The van der Waals surface area contributed by atoms with Gasteiger partial charge in [-0.2, -0.15) is 5.10 Å². The molecular weight excluding hydrogens is 472 g/mol. The zero-order chi connectivity index (χ0) is 23.3. The molecule has 0 radical (unpaired) electrons. The Balaban J connectivity index is 1.53. The van der Waals surface area contributed by atoms with E-state index in [0.29, 0.717) is 36.9 Å². The summed E-state index contributed by atoms with van der Waals surface area (Å²) in [6.07, 6.45) is 5.68. The summed E-state index contributed by atoms with van der Waals surface area (Å²) >= 11 is 12.4. The van der Waals surface area contributed by atoms with E-state index >= 15 is 0 Å². The van der Waals surface area contributed by atoms with Crippen LogP contribution in [0.15, 0.2) is 41.2 Å². The van der Waals surface area contributed by atoms with Crippen LogP contribution in [0.3, 0.4) is 0 Å². The van der Waals surface area contributed by atoms with Crippen molar-refractivity contribution in [2.75, 3.05) is 18.8 Å². The predicted octanol–water partition coefficient (Wildman–Crippen LogP) is 5.70. The van der Waals surface area contributed by atoms with E-state index in [4.69, 9.17) is 38.5 Å². The van der Waals surface area contributed by atoms with Crippen LogP contribution >= 0.6 is 23.2 Å². The summed E-state index contributed by atoms with van der Waals surface area (Å²) in [5.41, 5.74) is 8.13. The first-order valence-electron chi connectivity index (χ1n) is 10.2. The summed E-state index contributed by atoms with van der Waals surface area (Å²) in [5, 5.41) is 14.4. The van der Waals surface area contributed by atoms with E-state index < -0.39 is 11.9 Å². The number of amides is 1. The molecule has 1 aliphatic heterocycles. The Morgan fingerprint density at radius 2 is 2.00 bits per heavy atom. The van der Waals surface area contributed by atoms with Crippen molar-refractivity contribution < 1.29 is 18.7 Å². The van der Waals surface area contributed by atoms with E-state index in [0.717, 1.165) is 11.1 Å². The Morgan fingerprint density at radius 3 is 2.73 bits per heavy atom. The smallest absolute Gasteiger partial charge is 0.407 e. The van der Waals surface area contributed by atoms with Gasteiger partial charge in [-0.3, -0.25) is 4.68 Å². The lowest BCUT2D eigenvalue weighted by Gasteiger charge is -2.30. The summed E-state index contributed by atoms with van der Waals surface area (Å²) in [7, 11) is 0. The number of hydrogen-bond donors (Lipinski definition) is 2. The van der Waals surface area contributed by atoms with Gasteiger partial charge in [0.15, 0.2) is 11.4 Å². The van der Waals surface area contributed by atoms with Crippen LogP contribution in [-0.2, 0) is 0 Å². The number of aromatic nitrogens is 3. The highest BCUT2D eigenvalue weighted by Crippen LogP contribution is 2.42. The van der Waals surface area contributed by atoms with Gasteiger partial charge >= 0.3 is 6.09 Å². The van der Waals surface area contributed by atoms with Crippen LogP contribution in [0.2, 0.25) is 10.0 Å². The molecule has 1 aromatic carbocycles. The average Bonchev–Trinajstić information content (AvgIpc) is 3.46. The van der Waals surface area contributed by atoms with Gasteiger partial charge in [-0.25, -0.2) is 14.2 Å². The van der Waals surface area contributed by atoms with E-state index in [1.165, 1.54) is 17.0 Å². The Bertz CT molecular complexity index is 1380. The van der Waals surface area contributed by atoms with Crippen molar-refractivity contribution in [3.63, 3.8) is 0 Å². The minimum atomic E-state index is -0.904. The number of hydrogen-bond acceptors (Lipinski definition) is 5. The van der Waals surface area contributed by atoms with Gasteiger partial charge in [-0.05, 0) is 31.0 Å². The third-order valence-corrected chi connectivity index (χ3v) is 6.58. The molecule has 0 spiro atoms. The average molecular weight is 490 g/mol. The number of halogens is 3. The number of rotatable bonds is 3. The topological polar surface area (TPSA) is 110 Å². The molecule has 11 heteroatoms. The second kappa shape index (κ2) is 8.24. The summed E-state index contributed by atoms with van der Waals surface area (Å²) in [5.74, 6) is -0.163. The first-order chi connectivity index (χ1) is 15.8. The number of anilines is 1. The summed E-state index contributed by atoms with van der Waals surface area (Å²) in [4.78, 5) is 16.8. The standard InChI is InChI=1S/C22H18Cl2FN5O3/c23-15-1-2-16(25)19(24)18(15)17-7-13-14(9-27-21(26)20(13)33-17)11-8-28-30(10-11)12-3-5-29(6-4-12)22(31)32/h1-2,7-10,12H,3-6H2,(H2,26,27)(H,31,32). The molecule has 1 amide bonds. The van der Waals surface area contributed by atoms with Crippen LogP contribution in [0.4, 0.5) is 15.0 Å². The largest absolute Gasteiger partial charge is 0.465 e. The predicted molar refractivity (Wildman–Crippen MR) is 123 cm³/mol. The van der Waals surface area contributed by atoms with E-state index in [9.17, 15) is 9.18 Å². The Labute approximate surface area is 197 Å². The molecule has 0 saturated carbocycles. The van der Waals surface area contributed by atoms with Crippen molar-refractivity contribution in [3.8, 4) is 22.5 Å². The van der Waals surface area contributed by atoms with Crippen molar-refractivity contribution in [2.45, 2.75) is 18.9 Å². The molecule has 33 heavy (non-hydrogen) atoms. The van der Waals surface area contributed by atoms with Crippen LogP contribution in [0, 0.1) is 5.82 Å². The SMILES string of the molecule is Nc1ncc(-c2cnn(C3CCN(C(=O)O)CC3)c2)c2cc(-c3c(Cl)ccc(F)c3Cl)oc12. The third kappa shape index (κ3) is 3.77. The van der Waals surface area contributed by atoms with Gasteiger partial charge in [-0.1, -0.05) is 23.2 Å². The number of carbonyl (C=O) groups is 1. The Hall–Kier alpha value is -3.30. The zero-order valence-electron chi connectivity index (χ0n) is 17.1. The molecule has 4 heterocycles. The van der Waals surface area contributed by atoms with Crippen molar-refractivity contribution in [1.82, 2.24) is 19.7 Å². The molecule has 4 aromatic rings. The molecule has 5 rings (SSSR count). The van der Waals surface area contributed by atoms with Crippen molar-refractivity contribution in [3.05, 3.63) is 52.7 Å². The van der Waals surface area contributed by atoms with Crippen LogP contribution < -0.4 is 5.73 Å². The molecule has 0 bridgehead atoms. The molecule has 0 atom stereocenters. The highest BCUT2D eigenvalue weighted by molar-refractivity contribution is 6.39. The number of nitrogens with zero attached hydrogens (tertiary/aromatic N) is 4. The lowest BCUT2D eigenvalue weighted by molar-refractivity contribution is 0.124. The van der Waals surface area contributed by atoms with Gasteiger partial charge in [0.1, 0.15) is 11.6 Å². The lowest BCUT2D eigenvalue weighted by Crippen LogP contribution is -2.38. The summed E-state index contributed by atoms with van der Waals surface area (Å²) < 4.78 is 21.8. The molecule has 8 nitrogen and oxygen atoms in total. The van der Waals surface area contributed by atoms with E-state index in [1.54, 1.807) is 18.5 Å². The minimum absolute atomic E-state index is 0.0939. The van der Waals surface area contributed by atoms with E-state index in [2.05, 4.69) is 10.1 Å². The maximum atomic E-state index is 14.1.